The zero-order chi connectivity index (χ0) is 14.0. The van der Waals surface area contributed by atoms with Gasteiger partial charge >= 0.3 is 5.97 Å². The Labute approximate surface area is 106 Å². The Morgan fingerprint density at radius 2 is 1.72 bits per heavy atom. The molecular weight excluding hydrogens is 234 g/mol. The maximum absolute atomic E-state index is 12.1. The quantitative estimate of drug-likeness (QED) is 0.860. The van der Waals surface area contributed by atoms with Crippen molar-refractivity contribution in [3.63, 3.8) is 0 Å². The van der Waals surface area contributed by atoms with Crippen molar-refractivity contribution in [2.24, 2.45) is 5.92 Å². The maximum Gasteiger partial charge on any atom is 0.326 e. The fraction of sp³-hybridized carbons (Fsp3) is 0.538. The van der Waals surface area contributed by atoms with E-state index in [1.807, 2.05) is 0 Å². The number of aliphatic carboxylic acids is 1. The first kappa shape index (κ1) is 14.3. The molecule has 1 aromatic rings. The van der Waals surface area contributed by atoms with E-state index in [0.717, 1.165) is 5.56 Å². The van der Waals surface area contributed by atoms with Crippen LogP contribution in [0.3, 0.4) is 0 Å². The van der Waals surface area contributed by atoms with Gasteiger partial charge < -0.3 is 14.8 Å². The van der Waals surface area contributed by atoms with Crippen LogP contribution in [0.4, 0.5) is 0 Å². The minimum absolute atomic E-state index is 0.180. The Hall–Kier alpha value is -1.78. The summed E-state index contributed by atoms with van der Waals surface area (Å²) in [5, 5.41) is 11.6. The third-order valence-electron chi connectivity index (χ3n) is 3.01. The molecule has 0 aliphatic heterocycles. The molecule has 18 heavy (non-hydrogen) atoms. The maximum atomic E-state index is 12.1. The molecule has 2 N–H and O–H groups in total. The molecule has 0 saturated heterocycles. The molecule has 5 heteroatoms. The van der Waals surface area contributed by atoms with E-state index in [0.29, 0.717) is 17.1 Å². The van der Waals surface area contributed by atoms with E-state index in [2.05, 4.69) is 5.32 Å². The summed E-state index contributed by atoms with van der Waals surface area (Å²) in [5.41, 5.74) is 1.18. The summed E-state index contributed by atoms with van der Waals surface area (Å²) in [6.45, 7) is 8.75. The number of rotatable bonds is 4. The highest BCUT2D eigenvalue weighted by molar-refractivity contribution is 5.98. The van der Waals surface area contributed by atoms with Gasteiger partial charge in [-0.2, -0.15) is 0 Å². The van der Waals surface area contributed by atoms with E-state index in [-0.39, 0.29) is 5.92 Å². The van der Waals surface area contributed by atoms with Crippen LogP contribution >= 0.6 is 0 Å². The Balaban J connectivity index is 2.98. The lowest BCUT2D eigenvalue weighted by molar-refractivity contribution is -0.140. The van der Waals surface area contributed by atoms with E-state index in [1.54, 1.807) is 34.6 Å². The predicted octanol–water partition coefficient (Wildman–Crippen LogP) is 2.04. The molecule has 0 saturated carbocycles. The number of hydrogen-bond donors (Lipinski definition) is 2. The van der Waals surface area contributed by atoms with Crippen LogP contribution in [0.15, 0.2) is 4.42 Å². The van der Waals surface area contributed by atoms with Gasteiger partial charge in [0.25, 0.3) is 5.91 Å². The summed E-state index contributed by atoms with van der Waals surface area (Å²) < 4.78 is 5.36. The Morgan fingerprint density at radius 3 is 2.06 bits per heavy atom. The molecule has 100 valence electrons. The van der Waals surface area contributed by atoms with Crippen molar-refractivity contribution < 1.29 is 19.1 Å². The number of carboxylic acid groups (broad SMARTS) is 1. The zero-order valence-corrected chi connectivity index (χ0v) is 11.3. The van der Waals surface area contributed by atoms with E-state index < -0.39 is 17.9 Å². The summed E-state index contributed by atoms with van der Waals surface area (Å²) in [6, 6.07) is -0.897. The summed E-state index contributed by atoms with van der Waals surface area (Å²) in [7, 11) is 0. The second-order valence-electron chi connectivity index (χ2n) is 4.75. The molecule has 0 spiro atoms. The molecule has 1 aromatic heterocycles. The Kier molecular flexibility index (Phi) is 4.16. The molecule has 1 heterocycles. The lowest BCUT2D eigenvalue weighted by Crippen LogP contribution is -2.44. The van der Waals surface area contributed by atoms with Crippen LogP contribution in [0.2, 0.25) is 0 Å². The fourth-order valence-corrected chi connectivity index (χ4v) is 1.85. The second-order valence-corrected chi connectivity index (χ2v) is 4.75. The molecule has 0 fully saturated rings. The fourth-order valence-electron chi connectivity index (χ4n) is 1.85. The van der Waals surface area contributed by atoms with Gasteiger partial charge in [-0.15, -0.1) is 0 Å². The first-order valence-electron chi connectivity index (χ1n) is 5.86. The number of carboxylic acids is 1. The van der Waals surface area contributed by atoms with Crippen LogP contribution in [0, 0.1) is 26.7 Å². The minimum Gasteiger partial charge on any atom is -0.480 e. The Bertz CT molecular complexity index is 474. The predicted molar refractivity (Wildman–Crippen MR) is 66.6 cm³/mol. The van der Waals surface area contributed by atoms with Crippen LogP contribution in [0.1, 0.15) is 41.3 Å². The van der Waals surface area contributed by atoms with Gasteiger partial charge in [0.05, 0.1) is 5.56 Å². The molecule has 0 aromatic carbocycles. The number of aryl methyl sites for hydroxylation is 2. The molecular formula is C13H19NO4. The summed E-state index contributed by atoms with van der Waals surface area (Å²) in [6.07, 6.45) is 0. The van der Waals surface area contributed by atoms with Gasteiger partial charge in [-0.3, -0.25) is 4.79 Å². The highest BCUT2D eigenvalue weighted by Crippen LogP contribution is 2.20. The SMILES string of the molecule is Cc1oc(C)c(C(=O)N[C@@H](C(=O)O)C(C)C)c1C. The molecule has 1 atom stereocenters. The first-order chi connectivity index (χ1) is 8.25. The molecule has 1 rings (SSSR count). The number of hydrogen-bond acceptors (Lipinski definition) is 3. The van der Waals surface area contributed by atoms with Gasteiger partial charge in [0.1, 0.15) is 17.6 Å². The van der Waals surface area contributed by atoms with Crippen LogP contribution < -0.4 is 5.32 Å². The van der Waals surface area contributed by atoms with Gasteiger partial charge in [0, 0.05) is 5.56 Å². The van der Waals surface area contributed by atoms with Gasteiger partial charge in [-0.25, -0.2) is 4.79 Å². The molecule has 1 amide bonds. The zero-order valence-electron chi connectivity index (χ0n) is 11.3. The van der Waals surface area contributed by atoms with Crippen LogP contribution in [0.5, 0.6) is 0 Å². The van der Waals surface area contributed by atoms with Crippen molar-refractivity contribution in [2.45, 2.75) is 40.7 Å². The minimum atomic E-state index is -1.03. The first-order valence-corrected chi connectivity index (χ1v) is 5.86. The van der Waals surface area contributed by atoms with Gasteiger partial charge in [0.15, 0.2) is 0 Å². The third kappa shape index (κ3) is 2.72. The average molecular weight is 253 g/mol. The summed E-state index contributed by atoms with van der Waals surface area (Å²) in [4.78, 5) is 23.1. The molecule has 0 aliphatic carbocycles. The largest absolute Gasteiger partial charge is 0.480 e. The molecule has 0 unspecified atom stereocenters. The topological polar surface area (TPSA) is 79.5 Å². The van der Waals surface area contributed by atoms with Crippen molar-refractivity contribution >= 4 is 11.9 Å². The highest BCUT2D eigenvalue weighted by atomic mass is 16.4. The van der Waals surface area contributed by atoms with Crippen molar-refractivity contribution in [1.82, 2.24) is 5.32 Å². The van der Waals surface area contributed by atoms with E-state index in [4.69, 9.17) is 9.52 Å². The monoisotopic (exact) mass is 253 g/mol. The lowest BCUT2D eigenvalue weighted by atomic mass is 10.0. The van der Waals surface area contributed by atoms with Crippen molar-refractivity contribution in [1.29, 1.82) is 0 Å². The summed E-state index contributed by atoms with van der Waals surface area (Å²) in [5.74, 6) is -0.429. The Morgan fingerprint density at radius 1 is 1.17 bits per heavy atom. The smallest absolute Gasteiger partial charge is 0.326 e. The molecule has 0 bridgehead atoms. The molecule has 0 radical (unpaired) electrons. The van der Waals surface area contributed by atoms with Crippen LogP contribution in [0.25, 0.3) is 0 Å². The highest BCUT2D eigenvalue weighted by Gasteiger charge is 2.26. The second kappa shape index (κ2) is 5.25. The van der Waals surface area contributed by atoms with Crippen molar-refractivity contribution in [3.8, 4) is 0 Å². The average Bonchev–Trinajstić information content (AvgIpc) is 2.48. The van der Waals surface area contributed by atoms with E-state index in [9.17, 15) is 9.59 Å². The molecule has 5 nitrogen and oxygen atoms in total. The van der Waals surface area contributed by atoms with E-state index in [1.165, 1.54) is 0 Å². The number of carbonyl (C=O) groups is 2. The van der Waals surface area contributed by atoms with Gasteiger partial charge in [-0.1, -0.05) is 13.8 Å². The van der Waals surface area contributed by atoms with Crippen molar-refractivity contribution in [2.75, 3.05) is 0 Å². The number of furan rings is 1. The van der Waals surface area contributed by atoms with Crippen molar-refractivity contribution in [3.05, 3.63) is 22.6 Å². The number of carbonyl (C=O) groups excluding carboxylic acids is 1. The van der Waals surface area contributed by atoms with E-state index >= 15 is 0 Å². The molecule has 0 aliphatic rings. The lowest BCUT2D eigenvalue weighted by Gasteiger charge is -2.17. The number of amides is 1. The normalized spacial score (nSPS) is 12.6. The summed E-state index contributed by atoms with van der Waals surface area (Å²) >= 11 is 0. The third-order valence-corrected chi connectivity index (χ3v) is 3.01. The van der Waals surface area contributed by atoms with Crippen LogP contribution in [-0.4, -0.2) is 23.0 Å². The van der Waals surface area contributed by atoms with Gasteiger partial charge in [0.2, 0.25) is 0 Å². The number of nitrogens with one attached hydrogen (secondary N) is 1. The van der Waals surface area contributed by atoms with Crippen LogP contribution in [-0.2, 0) is 4.79 Å². The van der Waals surface area contributed by atoms with Gasteiger partial charge in [-0.05, 0) is 26.7 Å². The standard InChI is InChI=1S/C13H19NO4/c1-6(2)11(13(16)17)14-12(15)10-7(3)8(4)18-9(10)5/h6,11H,1-5H3,(H,14,15)(H,16,17)/t11-/m1/s1.